The summed E-state index contributed by atoms with van der Waals surface area (Å²) in [6, 6.07) is 6.98. The number of halogens is 1. The van der Waals surface area contributed by atoms with Gasteiger partial charge in [-0.05, 0) is 19.2 Å². The number of piperazine rings is 1. The molecule has 112 valence electrons. The fourth-order valence-electron chi connectivity index (χ4n) is 2.55. The summed E-state index contributed by atoms with van der Waals surface area (Å²) in [4.78, 5) is 10.1. The van der Waals surface area contributed by atoms with Gasteiger partial charge in [0.2, 0.25) is 0 Å². The Labute approximate surface area is 128 Å². The summed E-state index contributed by atoms with van der Waals surface area (Å²) in [7, 11) is 1.94. The third-order valence-corrected chi connectivity index (χ3v) is 4.69. The zero-order chi connectivity index (χ0) is 14.7. The van der Waals surface area contributed by atoms with E-state index in [0.29, 0.717) is 5.69 Å². The van der Waals surface area contributed by atoms with Crippen LogP contribution in [-0.4, -0.2) is 38.2 Å². The highest BCUT2D eigenvalue weighted by Gasteiger charge is 2.21. The van der Waals surface area contributed by atoms with Crippen LogP contribution >= 0.6 is 11.3 Å². The Morgan fingerprint density at radius 3 is 2.62 bits per heavy atom. The molecule has 21 heavy (non-hydrogen) atoms. The Kier molecular flexibility index (Phi) is 4.36. The van der Waals surface area contributed by atoms with E-state index in [9.17, 15) is 4.39 Å². The van der Waals surface area contributed by atoms with Gasteiger partial charge in [0, 0.05) is 43.8 Å². The fourth-order valence-corrected chi connectivity index (χ4v) is 3.52. The number of hydrogen-bond donors (Lipinski definition) is 1. The summed E-state index contributed by atoms with van der Waals surface area (Å²) >= 11 is 1.72. The maximum Gasteiger partial charge on any atom is 0.185 e. The van der Waals surface area contributed by atoms with Gasteiger partial charge in [-0.2, -0.15) is 0 Å². The van der Waals surface area contributed by atoms with Gasteiger partial charge in [0.05, 0.1) is 5.69 Å². The molecule has 1 aliphatic rings. The SMILES string of the molecule is CNCc1cnc(N2CCN(c3ccccc3F)CC2)s1. The Morgan fingerprint density at radius 2 is 1.90 bits per heavy atom. The zero-order valence-electron chi connectivity index (χ0n) is 12.1. The number of thiazole rings is 1. The van der Waals surface area contributed by atoms with E-state index in [1.54, 1.807) is 17.4 Å². The molecule has 1 aromatic heterocycles. The number of hydrogen-bond acceptors (Lipinski definition) is 5. The summed E-state index contributed by atoms with van der Waals surface area (Å²) in [6.07, 6.45) is 1.93. The van der Waals surface area contributed by atoms with Gasteiger partial charge >= 0.3 is 0 Å². The monoisotopic (exact) mass is 306 g/mol. The average molecular weight is 306 g/mol. The lowest BCUT2D eigenvalue weighted by atomic mass is 10.2. The lowest BCUT2D eigenvalue weighted by molar-refractivity contribution is 0.597. The minimum absolute atomic E-state index is 0.142. The lowest BCUT2D eigenvalue weighted by Gasteiger charge is -2.36. The van der Waals surface area contributed by atoms with Crippen molar-refractivity contribution in [2.45, 2.75) is 6.54 Å². The Bertz CT molecular complexity index is 593. The van der Waals surface area contributed by atoms with Crippen LogP contribution in [-0.2, 0) is 6.54 Å². The van der Waals surface area contributed by atoms with Crippen LogP contribution in [0.1, 0.15) is 4.88 Å². The molecule has 1 fully saturated rings. The van der Waals surface area contributed by atoms with Crippen LogP contribution in [0.5, 0.6) is 0 Å². The lowest BCUT2D eigenvalue weighted by Crippen LogP contribution is -2.46. The van der Waals surface area contributed by atoms with Crippen LogP contribution in [0.25, 0.3) is 0 Å². The highest BCUT2D eigenvalue weighted by molar-refractivity contribution is 7.15. The van der Waals surface area contributed by atoms with Gasteiger partial charge in [-0.15, -0.1) is 11.3 Å². The summed E-state index contributed by atoms with van der Waals surface area (Å²) < 4.78 is 13.8. The Hall–Kier alpha value is -1.66. The zero-order valence-corrected chi connectivity index (χ0v) is 12.9. The van der Waals surface area contributed by atoms with Crippen LogP contribution in [0.2, 0.25) is 0 Å². The molecule has 0 bridgehead atoms. The molecule has 2 aromatic rings. The van der Waals surface area contributed by atoms with Crippen molar-refractivity contribution in [1.82, 2.24) is 10.3 Å². The largest absolute Gasteiger partial charge is 0.366 e. The highest BCUT2D eigenvalue weighted by Crippen LogP contribution is 2.26. The van der Waals surface area contributed by atoms with E-state index < -0.39 is 0 Å². The number of anilines is 2. The van der Waals surface area contributed by atoms with Crippen LogP contribution < -0.4 is 15.1 Å². The van der Waals surface area contributed by atoms with Crippen molar-refractivity contribution in [3.63, 3.8) is 0 Å². The van der Waals surface area contributed by atoms with Crippen molar-refractivity contribution >= 4 is 22.2 Å². The van der Waals surface area contributed by atoms with Crippen molar-refractivity contribution < 1.29 is 4.39 Å². The van der Waals surface area contributed by atoms with E-state index in [-0.39, 0.29) is 5.82 Å². The van der Waals surface area contributed by atoms with Gasteiger partial charge in [0.15, 0.2) is 5.13 Å². The van der Waals surface area contributed by atoms with E-state index in [2.05, 4.69) is 20.1 Å². The summed E-state index contributed by atoms with van der Waals surface area (Å²) in [5.41, 5.74) is 0.701. The second kappa shape index (κ2) is 6.41. The molecule has 0 aliphatic carbocycles. The molecule has 3 rings (SSSR count). The molecule has 0 radical (unpaired) electrons. The minimum Gasteiger partial charge on any atom is -0.366 e. The number of aromatic nitrogens is 1. The second-order valence-electron chi connectivity index (χ2n) is 5.06. The predicted molar refractivity (Wildman–Crippen MR) is 85.7 cm³/mol. The fraction of sp³-hybridized carbons (Fsp3) is 0.400. The average Bonchev–Trinajstić information content (AvgIpc) is 2.97. The third-order valence-electron chi connectivity index (χ3n) is 3.64. The number of para-hydroxylation sites is 1. The molecule has 1 saturated heterocycles. The molecule has 4 nitrogen and oxygen atoms in total. The molecule has 0 saturated carbocycles. The van der Waals surface area contributed by atoms with Gasteiger partial charge in [0.25, 0.3) is 0 Å². The van der Waals surface area contributed by atoms with Crippen molar-refractivity contribution in [3.05, 3.63) is 41.2 Å². The standard InChI is InChI=1S/C15H19FN4S/c1-17-10-12-11-18-15(21-12)20-8-6-19(7-9-20)14-5-3-2-4-13(14)16/h2-5,11,17H,6-10H2,1H3. The third kappa shape index (κ3) is 3.16. The van der Waals surface area contributed by atoms with Gasteiger partial charge < -0.3 is 15.1 Å². The molecular weight excluding hydrogens is 287 g/mol. The molecule has 2 heterocycles. The van der Waals surface area contributed by atoms with Crippen LogP contribution in [0.3, 0.4) is 0 Å². The molecule has 1 N–H and O–H groups in total. The van der Waals surface area contributed by atoms with E-state index in [0.717, 1.165) is 37.9 Å². The number of rotatable bonds is 4. The molecule has 0 amide bonds. The summed E-state index contributed by atoms with van der Waals surface area (Å²) in [5.74, 6) is -0.142. The Balaban J connectivity index is 1.63. The minimum atomic E-state index is -0.142. The molecule has 0 atom stereocenters. The van der Waals surface area contributed by atoms with Gasteiger partial charge in [-0.25, -0.2) is 9.37 Å². The first kappa shape index (κ1) is 14.3. The van der Waals surface area contributed by atoms with E-state index in [1.807, 2.05) is 25.4 Å². The molecule has 0 unspecified atom stereocenters. The number of nitrogens with one attached hydrogen (secondary N) is 1. The first-order valence-corrected chi connectivity index (χ1v) is 7.93. The normalized spacial score (nSPS) is 15.5. The van der Waals surface area contributed by atoms with E-state index in [4.69, 9.17) is 0 Å². The van der Waals surface area contributed by atoms with Crippen molar-refractivity contribution in [3.8, 4) is 0 Å². The van der Waals surface area contributed by atoms with Crippen LogP contribution in [0.15, 0.2) is 30.5 Å². The van der Waals surface area contributed by atoms with E-state index >= 15 is 0 Å². The first-order valence-electron chi connectivity index (χ1n) is 7.11. The molecule has 1 aliphatic heterocycles. The predicted octanol–water partition coefficient (Wildman–Crippen LogP) is 2.33. The highest BCUT2D eigenvalue weighted by atomic mass is 32.1. The summed E-state index contributed by atoms with van der Waals surface area (Å²) in [6.45, 7) is 4.25. The Morgan fingerprint density at radius 1 is 1.19 bits per heavy atom. The summed E-state index contributed by atoms with van der Waals surface area (Å²) in [5, 5.41) is 4.20. The number of benzene rings is 1. The second-order valence-corrected chi connectivity index (χ2v) is 6.16. The smallest absolute Gasteiger partial charge is 0.185 e. The molecule has 6 heteroatoms. The van der Waals surface area contributed by atoms with Crippen molar-refractivity contribution in [2.24, 2.45) is 0 Å². The van der Waals surface area contributed by atoms with Gasteiger partial charge in [0.1, 0.15) is 5.82 Å². The first-order chi connectivity index (χ1) is 10.3. The topological polar surface area (TPSA) is 31.4 Å². The van der Waals surface area contributed by atoms with Crippen LogP contribution in [0.4, 0.5) is 15.2 Å². The molecule has 0 spiro atoms. The van der Waals surface area contributed by atoms with Crippen LogP contribution in [0, 0.1) is 5.82 Å². The van der Waals surface area contributed by atoms with Crippen molar-refractivity contribution in [1.29, 1.82) is 0 Å². The van der Waals surface area contributed by atoms with Gasteiger partial charge in [-0.3, -0.25) is 0 Å². The number of nitrogens with zero attached hydrogens (tertiary/aromatic N) is 3. The van der Waals surface area contributed by atoms with Crippen molar-refractivity contribution in [2.75, 3.05) is 43.0 Å². The quantitative estimate of drug-likeness (QED) is 0.939. The maximum absolute atomic E-state index is 13.8. The van der Waals surface area contributed by atoms with E-state index in [1.165, 1.54) is 10.9 Å². The molecular formula is C15H19FN4S. The maximum atomic E-state index is 13.8. The van der Waals surface area contributed by atoms with Gasteiger partial charge in [-0.1, -0.05) is 12.1 Å². The molecule has 1 aromatic carbocycles.